The Hall–Kier alpha value is -0.643. The van der Waals surface area contributed by atoms with Crippen LogP contribution in [-0.4, -0.2) is 23.5 Å². The first-order chi connectivity index (χ1) is 8.24. The molecule has 1 aromatic carbocycles. The highest BCUT2D eigenvalue weighted by molar-refractivity contribution is 6.46. The topological polar surface area (TPSA) is 18.5 Å². The molecule has 0 fully saturated rings. The summed E-state index contributed by atoms with van der Waals surface area (Å²) in [5.74, 6) is 0.507. The number of hydrogen-bond donors (Lipinski definition) is 0. The van der Waals surface area contributed by atoms with Crippen molar-refractivity contribution in [3.8, 4) is 0 Å². The lowest BCUT2D eigenvalue weighted by molar-refractivity contribution is 0.256. The lowest BCUT2D eigenvalue weighted by atomic mass is 9.95. The molecule has 1 aromatic rings. The molecule has 0 saturated carbocycles. The fourth-order valence-corrected chi connectivity index (χ4v) is 4.60. The Labute approximate surface area is 107 Å². The molecule has 17 heavy (non-hydrogen) atoms. The standard InChI is InChI=1S/C14H24O2Si/c1-5-9-14(17(15-3)16-4)12(2)13-10-7-6-8-11-13/h6-8,10-12,14,17H,5,9H2,1-4H3. The van der Waals surface area contributed by atoms with Crippen LogP contribution in [0.25, 0.3) is 0 Å². The zero-order valence-corrected chi connectivity index (χ0v) is 12.5. The SMILES string of the molecule is CCCC(C(C)c1ccccc1)[SiH](OC)OC. The van der Waals surface area contributed by atoms with Crippen LogP contribution in [0.15, 0.2) is 30.3 Å². The lowest BCUT2D eigenvalue weighted by Crippen LogP contribution is -2.29. The van der Waals surface area contributed by atoms with Crippen LogP contribution in [0.3, 0.4) is 0 Å². The predicted octanol–water partition coefficient (Wildman–Crippen LogP) is 3.47. The number of rotatable bonds is 7. The molecule has 96 valence electrons. The van der Waals surface area contributed by atoms with Crippen molar-refractivity contribution in [1.82, 2.24) is 0 Å². The van der Waals surface area contributed by atoms with Crippen molar-refractivity contribution in [2.75, 3.05) is 14.2 Å². The summed E-state index contributed by atoms with van der Waals surface area (Å²) >= 11 is 0. The van der Waals surface area contributed by atoms with E-state index in [9.17, 15) is 0 Å². The third-order valence-electron chi connectivity index (χ3n) is 3.40. The molecular formula is C14H24O2Si. The van der Waals surface area contributed by atoms with Crippen LogP contribution in [-0.2, 0) is 8.85 Å². The van der Waals surface area contributed by atoms with E-state index in [0.29, 0.717) is 11.5 Å². The minimum atomic E-state index is -1.55. The summed E-state index contributed by atoms with van der Waals surface area (Å²) in [6.45, 7) is 4.51. The summed E-state index contributed by atoms with van der Waals surface area (Å²) in [5.41, 5.74) is 1.93. The van der Waals surface area contributed by atoms with Gasteiger partial charge in [0.15, 0.2) is 0 Å². The molecule has 1 rings (SSSR count). The van der Waals surface area contributed by atoms with Gasteiger partial charge in [0.1, 0.15) is 0 Å². The molecule has 0 radical (unpaired) electrons. The molecule has 3 heteroatoms. The van der Waals surface area contributed by atoms with E-state index in [4.69, 9.17) is 8.85 Å². The predicted molar refractivity (Wildman–Crippen MR) is 74.7 cm³/mol. The second-order valence-electron chi connectivity index (χ2n) is 4.49. The van der Waals surface area contributed by atoms with Crippen LogP contribution < -0.4 is 0 Å². The van der Waals surface area contributed by atoms with E-state index in [1.54, 1.807) is 14.2 Å². The van der Waals surface area contributed by atoms with Gasteiger partial charge in [-0.3, -0.25) is 0 Å². The van der Waals surface area contributed by atoms with E-state index in [1.807, 2.05) is 0 Å². The molecule has 0 aromatic heterocycles. The lowest BCUT2D eigenvalue weighted by Gasteiger charge is -2.28. The van der Waals surface area contributed by atoms with Crippen LogP contribution in [0.1, 0.15) is 38.2 Å². The Balaban J connectivity index is 2.83. The minimum Gasteiger partial charge on any atom is -0.400 e. The van der Waals surface area contributed by atoms with Crippen molar-refractivity contribution in [2.24, 2.45) is 0 Å². The molecule has 0 aliphatic rings. The Bertz CT molecular complexity index is 298. The molecule has 0 N–H and O–H groups in total. The van der Waals surface area contributed by atoms with Crippen LogP contribution >= 0.6 is 0 Å². The third-order valence-corrected chi connectivity index (χ3v) is 5.94. The molecule has 0 amide bonds. The quantitative estimate of drug-likeness (QED) is 0.692. The molecule has 0 heterocycles. The second-order valence-corrected chi connectivity index (χ2v) is 7.03. The average Bonchev–Trinajstić information content (AvgIpc) is 2.39. The van der Waals surface area contributed by atoms with Crippen molar-refractivity contribution >= 4 is 9.28 Å². The fourth-order valence-electron chi connectivity index (χ4n) is 2.40. The van der Waals surface area contributed by atoms with Crippen LogP contribution in [0, 0.1) is 0 Å². The molecule has 0 saturated heterocycles. The summed E-state index contributed by atoms with van der Waals surface area (Å²) < 4.78 is 11.1. The normalized spacial score (nSPS) is 14.9. The minimum absolute atomic E-state index is 0.507. The van der Waals surface area contributed by atoms with Gasteiger partial charge in [0, 0.05) is 19.8 Å². The van der Waals surface area contributed by atoms with Gasteiger partial charge in [0.25, 0.3) is 0 Å². The number of hydrogen-bond acceptors (Lipinski definition) is 2. The van der Waals surface area contributed by atoms with Gasteiger partial charge >= 0.3 is 9.28 Å². The van der Waals surface area contributed by atoms with Crippen molar-refractivity contribution in [3.63, 3.8) is 0 Å². The molecule has 0 bridgehead atoms. The highest BCUT2D eigenvalue weighted by atomic mass is 28.3. The summed E-state index contributed by atoms with van der Waals surface area (Å²) in [7, 11) is 2.00. The van der Waals surface area contributed by atoms with Gasteiger partial charge in [-0.2, -0.15) is 0 Å². The molecule has 2 atom stereocenters. The third kappa shape index (κ3) is 3.94. The maximum absolute atomic E-state index is 5.57. The van der Waals surface area contributed by atoms with Crippen molar-refractivity contribution in [2.45, 2.75) is 38.1 Å². The van der Waals surface area contributed by atoms with Gasteiger partial charge in [-0.1, -0.05) is 50.6 Å². The van der Waals surface area contributed by atoms with Gasteiger partial charge in [-0.05, 0) is 17.9 Å². The van der Waals surface area contributed by atoms with Gasteiger partial charge in [0.2, 0.25) is 0 Å². The molecular weight excluding hydrogens is 228 g/mol. The summed E-state index contributed by atoms with van der Waals surface area (Å²) in [4.78, 5) is 0. The summed E-state index contributed by atoms with van der Waals surface area (Å²) in [6, 6.07) is 10.7. The molecule has 2 unspecified atom stereocenters. The molecule has 0 spiro atoms. The monoisotopic (exact) mass is 252 g/mol. The van der Waals surface area contributed by atoms with Gasteiger partial charge in [0.05, 0.1) is 0 Å². The first kappa shape index (κ1) is 14.4. The van der Waals surface area contributed by atoms with Crippen LogP contribution in [0.5, 0.6) is 0 Å². The zero-order chi connectivity index (χ0) is 12.7. The van der Waals surface area contributed by atoms with E-state index < -0.39 is 9.28 Å². The maximum Gasteiger partial charge on any atom is 0.324 e. The maximum atomic E-state index is 5.57. The van der Waals surface area contributed by atoms with Crippen molar-refractivity contribution in [3.05, 3.63) is 35.9 Å². The van der Waals surface area contributed by atoms with E-state index in [-0.39, 0.29) is 0 Å². The van der Waals surface area contributed by atoms with Gasteiger partial charge in [-0.15, -0.1) is 0 Å². The Morgan fingerprint density at radius 1 is 1.12 bits per heavy atom. The Kier molecular flexibility index (Phi) is 6.48. The largest absolute Gasteiger partial charge is 0.400 e. The van der Waals surface area contributed by atoms with E-state index in [2.05, 4.69) is 44.2 Å². The summed E-state index contributed by atoms with van der Waals surface area (Å²) in [5, 5.41) is 0. The molecule has 2 nitrogen and oxygen atoms in total. The number of benzene rings is 1. The average molecular weight is 252 g/mol. The Morgan fingerprint density at radius 2 is 1.71 bits per heavy atom. The van der Waals surface area contributed by atoms with E-state index in [0.717, 1.165) is 0 Å². The van der Waals surface area contributed by atoms with Crippen LogP contribution in [0.4, 0.5) is 0 Å². The van der Waals surface area contributed by atoms with Crippen molar-refractivity contribution < 1.29 is 8.85 Å². The van der Waals surface area contributed by atoms with Gasteiger partial charge in [-0.25, -0.2) is 0 Å². The molecule has 0 aliphatic carbocycles. The molecule has 0 aliphatic heterocycles. The summed E-state index contributed by atoms with van der Waals surface area (Å²) in [6.07, 6.45) is 2.35. The van der Waals surface area contributed by atoms with E-state index >= 15 is 0 Å². The highest BCUT2D eigenvalue weighted by Crippen LogP contribution is 2.35. The highest BCUT2D eigenvalue weighted by Gasteiger charge is 2.29. The van der Waals surface area contributed by atoms with Crippen molar-refractivity contribution in [1.29, 1.82) is 0 Å². The Morgan fingerprint density at radius 3 is 2.18 bits per heavy atom. The van der Waals surface area contributed by atoms with Crippen LogP contribution in [0.2, 0.25) is 5.54 Å². The van der Waals surface area contributed by atoms with E-state index in [1.165, 1.54) is 18.4 Å². The zero-order valence-electron chi connectivity index (χ0n) is 11.3. The first-order valence-electron chi connectivity index (χ1n) is 6.35. The first-order valence-corrected chi connectivity index (χ1v) is 7.96. The smallest absolute Gasteiger partial charge is 0.324 e. The van der Waals surface area contributed by atoms with Gasteiger partial charge < -0.3 is 8.85 Å². The fraction of sp³-hybridized carbons (Fsp3) is 0.571. The second kappa shape index (κ2) is 7.64.